The summed E-state index contributed by atoms with van der Waals surface area (Å²) in [4.78, 5) is 0. The van der Waals surface area contributed by atoms with Crippen LogP contribution in [-0.4, -0.2) is 0 Å². The molecule has 0 aliphatic carbocycles. The van der Waals surface area contributed by atoms with Crippen LogP contribution in [0.1, 0.15) is 16.7 Å². The van der Waals surface area contributed by atoms with Gasteiger partial charge in [0.05, 0.1) is 0 Å². The Morgan fingerprint density at radius 1 is 0.667 bits per heavy atom. The molecule has 0 bridgehead atoms. The summed E-state index contributed by atoms with van der Waals surface area (Å²) < 4.78 is 0. The fourth-order valence-electron chi connectivity index (χ4n) is 2.33. The van der Waals surface area contributed by atoms with Gasteiger partial charge in [0.2, 0.25) is 0 Å². The highest BCUT2D eigenvalue weighted by atomic mass is 35.5. The van der Waals surface area contributed by atoms with E-state index in [4.69, 9.17) is 11.6 Å². The number of halogens is 1. The Morgan fingerprint density at radius 2 is 1.24 bits per heavy atom. The number of rotatable bonds is 3. The fraction of sp³-hybridized carbons (Fsp3) is 0. The van der Waals surface area contributed by atoms with Crippen molar-refractivity contribution in [2.75, 3.05) is 0 Å². The molecule has 0 saturated heterocycles. The van der Waals surface area contributed by atoms with E-state index in [1.807, 2.05) is 30.3 Å². The van der Waals surface area contributed by atoms with E-state index >= 15 is 0 Å². The molecule has 3 aromatic carbocycles. The maximum atomic E-state index is 6.09. The molecule has 0 aliphatic rings. The largest absolute Gasteiger partial charge is 0.0843 e. The van der Waals surface area contributed by atoms with Crippen LogP contribution in [0, 0.1) is 0 Å². The second-order valence-electron chi connectivity index (χ2n) is 4.85. The van der Waals surface area contributed by atoms with Crippen molar-refractivity contribution in [1.29, 1.82) is 0 Å². The van der Waals surface area contributed by atoms with Gasteiger partial charge < -0.3 is 0 Å². The molecule has 21 heavy (non-hydrogen) atoms. The Hall–Kier alpha value is -2.31. The molecule has 3 aromatic rings. The molecule has 0 aromatic heterocycles. The first kappa shape index (κ1) is 13.7. The fourth-order valence-corrected chi connectivity index (χ4v) is 2.53. The predicted molar refractivity (Wildman–Crippen MR) is 91.3 cm³/mol. The van der Waals surface area contributed by atoms with Crippen molar-refractivity contribution in [3.05, 3.63) is 107 Å². The first-order valence-electron chi connectivity index (χ1n) is 6.91. The maximum absolute atomic E-state index is 6.09. The number of hydrogen-bond donors (Lipinski definition) is 0. The summed E-state index contributed by atoms with van der Waals surface area (Å²) in [5.41, 5.74) is 4.69. The summed E-state index contributed by atoms with van der Waals surface area (Å²) in [5, 5.41) is 0.754. The Labute approximate surface area is 130 Å². The molecule has 102 valence electrons. The third-order valence-electron chi connectivity index (χ3n) is 3.33. The normalized spacial score (nSPS) is 10.1. The third-order valence-corrected chi connectivity index (χ3v) is 3.56. The van der Waals surface area contributed by atoms with Crippen LogP contribution >= 0.6 is 11.6 Å². The zero-order valence-electron chi connectivity index (χ0n) is 11.5. The van der Waals surface area contributed by atoms with Crippen molar-refractivity contribution in [2.24, 2.45) is 0 Å². The minimum absolute atomic E-state index is 0.754. The zero-order chi connectivity index (χ0) is 14.5. The molecular weight excluding hydrogens is 276 g/mol. The van der Waals surface area contributed by atoms with Gasteiger partial charge in [-0.15, -0.1) is 0 Å². The minimum atomic E-state index is 0.754. The third kappa shape index (κ3) is 3.42. The van der Waals surface area contributed by atoms with Crippen LogP contribution < -0.4 is 0 Å². The van der Waals surface area contributed by atoms with Crippen molar-refractivity contribution in [1.82, 2.24) is 0 Å². The monoisotopic (exact) mass is 290 g/mol. The lowest BCUT2D eigenvalue weighted by Gasteiger charge is -2.09. The molecule has 0 amide bonds. The quantitative estimate of drug-likeness (QED) is 0.525. The van der Waals surface area contributed by atoms with Gasteiger partial charge >= 0.3 is 0 Å². The zero-order valence-corrected chi connectivity index (χ0v) is 12.3. The first-order valence-corrected chi connectivity index (χ1v) is 7.29. The number of hydrogen-bond acceptors (Lipinski definition) is 0. The van der Waals surface area contributed by atoms with Gasteiger partial charge in [0.25, 0.3) is 0 Å². The van der Waals surface area contributed by atoms with E-state index < -0.39 is 0 Å². The second kappa shape index (κ2) is 6.43. The molecule has 0 saturated carbocycles. The molecule has 1 heteroatoms. The Bertz CT molecular complexity index is 702. The highest BCUT2D eigenvalue weighted by Crippen LogP contribution is 2.26. The minimum Gasteiger partial charge on any atom is -0.0843 e. The highest BCUT2D eigenvalue weighted by Gasteiger charge is 2.04. The van der Waals surface area contributed by atoms with E-state index in [1.54, 1.807) is 0 Å². The Kier molecular flexibility index (Phi) is 4.18. The molecule has 0 unspecified atom stereocenters. The standard InChI is InChI=1S/C20H15Cl/c21-19-13-7-8-16(14-19)15-20(17-9-3-1-4-10-17)18-11-5-2-6-12-18/h1-15H. The molecule has 0 spiro atoms. The molecule has 0 fully saturated rings. The van der Waals surface area contributed by atoms with Crippen molar-refractivity contribution in [2.45, 2.75) is 0 Å². The van der Waals surface area contributed by atoms with Crippen LogP contribution in [0.2, 0.25) is 5.02 Å². The van der Waals surface area contributed by atoms with Gasteiger partial charge in [-0.3, -0.25) is 0 Å². The average Bonchev–Trinajstić information content (AvgIpc) is 2.54. The van der Waals surface area contributed by atoms with Crippen molar-refractivity contribution in [3.8, 4) is 0 Å². The SMILES string of the molecule is Clc1cccc(C=C(c2ccccc2)c2ccccc2)c1. The summed E-state index contributed by atoms with van der Waals surface area (Å²) >= 11 is 6.09. The lowest BCUT2D eigenvalue weighted by atomic mass is 9.96. The Morgan fingerprint density at radius 3 is 1.76 bits per heavy atom. The van der Waals surface area contributed by atoms with E-state index in [2.05, 4.69) is 60.7 Å². The lowest BCUT2D eigenvalue weighted by Crippen LogP contribution is -1.87. The molecular formula is C20H15Cl. The summed E-state index contributed by atoms with van der Waals surface area (Å²) in [6, 6.07) is 28.7. The van der Waals surface area contributed by atoms with Gasteiger partial charge in [-0.25, -0.2) is 0 Å². The second-order valence-corrected chi connectivity index (χ2v) is 5.28. The van der Waals surface area contributed by atoms with E-state index in [0.29, 0.717) is 0 Å². The van der Waals surface area contributed by atoms with E-state index in [0.717, 1.165) is 10.6 Å². The number of benzene rings is 3. The van der Waals surface area contributed by atoms with Gasteiger partial charge in [0.1, 0.15) is 0 Å². The molecule has 0 N–H and O–H groups in total. The average molecular weight is 291 g/mol. The van der Waals surface area contributed by atoms with Crippen molar-refractivity contribution >= 4 is 23.3 Å². The summed E-state index contributed by atoms with van der Waals surface area (Å²) in [6.07, 6.45) is 2.18. The van der Waals surface area contributed by atoms with Gasteiger partial charge in [-0.05, 0) is 40.5 Å². The molecule has 0 radical (unpaired) electrons. The van der Waals surface area contributed by atoms with Gasteiger partial charge in [-0.2, -0.15) is 0 Å². The topological polar surface area (TPSA) is 0 Å². The van der Waals surface area contributed by atoms with Crippen molar-refractivity contribution in [3.63, 3.8) is 0 Å². The van der Waals surface area contributed by atoms with Crippen LogP contribution in [-0.2, 0) is 0 Å². The lowest BCUT2D eigenvalue weighted by molar-refractivity contribution is 1.55. The molecule has 0 nitrogen and oxygen atoms in total. The summed E-state index contributed by atoms with van der Waals surface area (Å²) in [6.45, 7) is 0. The smallest absolute Gasteiger partial charge is 0.0411 e. The van der Waals surface area contributed by atoms with E-state index in [1.165, 1.54) is 16.7 Å². The van der Waals surface area contributed by atoms with Crippen LogP contribution in [0.4, 0.5) is 0 Å². The van der Waals surface area contributed by atoms with E-state index in [9.17, 15) is 0 Å². The van der Waals surface area contributed by atoms with Gasteiger partial charge in [-0.1, -0.05) is 84.4 Å². The summed E-state index contributed by atoms with van der Waals surface area (Å²) in [5.74, 6) is 0. The summed E-state index contributed by atoms with van der Waals surface area (Å²) in [7, 11) is 0. The molecule has 0 atom stereocenters. The van der Waals surface area contributed by atoms with Crippen LogP contribution in [0.15, 0.2) is 84.9 Å². The van der Waals surface area contributed by atoms with Crippen LogP contribution in [0.3, 0.4) is 0 Å². The van der Waals surface area contributed by atoms with Gasteiger partial charge in [0, 0.05) is 5.02 Å². The highest BCUT2D eigenvalue weighted by molar-refractivity contribution is 6.30. The van der Waals surface area contributed by atoms with Crippen LogP contribution in [0.5, 0.6) is 0 Å². The van der Waals surface area contributed by atoms with E-state index in [-0.39, 0.29) is 0 Å². The molecule has 0 heterocycles. The predicted octanol–water partition coefficient (Wildman–Crippen LogP) is 5.93. The molecule has 3 rings (SSSR count). The van der Waals surface area contributed by atoms with Crippen molar-refractivity contribution < 1.29 is 0 Å². The van der Waals surface area contributed by atoms with Crippen LogP contribution in [0.25, 0.3) is 11.6 Å². The maximum Gasteiger partial charge on any atom is 0.0411 e. The first-order chi connectivity index (χ1) is 10.3. The Balaban J connectivity index is 2.13. The molecule has 0 aliphatic heterocycles. The van der Waals surface area contributed by atoms with Gasteiger partial charge in [0.15, 0.2) is 0 Å².